The zero-order valence-corrected chi connectivity index (χ0v) is 16.2. The van der Waals surface area contributed by atoms with Crippen LogP contribution in [0.2, 0.25) is 0 Å². The van der Waals surface area contributed by atoms with Crippen LogP contribution in [0.3, 0.4) is 0 Å². The van der Waals surface area contributed by atoms with Crippen LogP contribution in [0.5, 0.6) is 11.5 Å². The monoisotopic (exact) mass is 402 g/mol. The Balaban J connectivity index is 1.87. The van der Waals surface area contributed by atoms with Gasteiger partial charge in [0.05, 0.1) is 20.3 Å². The van der Waals surface area contributed by atoms with Gasteiger partial charge < -0.3 is 14.2 Å². The van der Waals surface area contributed by atoms with E-state index >= 15 is 0 Å². The van der Waals surface area contributed by atoms with Gasteiger partial charge in [-0.1, -0.05) is 40.9 Å². The summed E-state index contributed by atoms with van der Waals surface area (Å²) < 4.78 is 18.8. The fourth-order valence-electron chi connectivity index (χ4n) is 4.25. The highest BCUT2D eigenvalue weighted by Gasteiger charge is 2.38. The summed E-state index contributed by atoms with van der Waals surface area (Å²) in [5.74, 6) is 2.02. The largest absolute Gasteiger partial charge is 0.493 e. The second-order valence-electron chi connectivity index (χ2n) is 6.84. The van der Waals surface area contributed by atoms with E-state index in [2.05, 4.69) is 46.3 Å². The maximum Gasteiger partial charge on any atom is 0.161 e. The van der Waals surface area contributed by atoms with Gasteiger partial charge in [-0.25, -0.2) is 0 Å². The van der Waals surface area contributed by atoms with Crippen molar-refractivity contribution in [1.29, 1.82) is 0 Å². The van der Waals surface area contributed by atoms with Crippen LogP contribution in [-0.4, -0.2) is 20.3 Å². The Kier molecular flexibility index (Phi) is 4.74. The standard InChI is InChI=1S/C21H23BrO3/c1-23-19-11-16-15-8-3-4-9-18(15)25-21(17(16)12-20(19)24-2)13-6-5-7-14(22)10-13/h5-7,10-12,15,18,21H,3-4,8-9H2,1-2H3/t15-,18-,21-/m0/s1. The average molecular weight is 403 g/mol. The molecule has 0 radical (unpaired) electrons. The first-order valence-electron chi connectivity index (χ1n) is 8.88. The Morgan fingerprint density at radius 1 is 0.960 bits per heavy atom. The van der Waals surface area contributed by atoms with Gasteiger partial charge in [0.2, 0.25) is 0 Å². The van der Waals surface area contributed by atoms with E-state index in [-0.39, 0.29) is 12.2 Å². The molecule has 0 unspecified atom stereocenters. The molecule has 1 aliphatic heterocycles. The summed E-state index contributed by atoms with van der Waals surface area (Å²) in [6.07, 6.45) is 5.03. The lowest BCUT2D eigenvalue weighted by atomic mass is 9.76. The van der Waals surface area contributed by atoms with Crippen LogP contribution in [0.25, 0.3) is 0 Å². The second kappa shape index (κ2) is 7.00. The van der Waals surface area contributed by atoms with Gasteiger partial charge in [0, 0.05) is 10.4 Å². The van der Waals surface area contributed by atoms with Crippen LogP contribution in [0.1, 0.15) is 54.4 Å². The molecule has 3 atom stereocenters. The summed E-state index contributed by atoms with van der Waals surface area (Å²) in [5, 5.41) is 0. The van der Waals surface area contributed by atoms with Crippen molar-refractivity contribution in [1.82, 2.24) is 0 Å². The second-order valence-corrected chi connectivity index (χ2v) is 7.75. The van der Waals surface area contributed by atoms with E-state index < -0.39 is 0 Å². The first-order valence-corrected chi connectivity index (χ1v) is 9.67. The fourth-order valence-corrected chi connectivity index (χ4v) is 4.67. The van der Waals surface area contributed by atoms with Gasteiger partial charge in [-0.2, -0.15) is 0 Å². The number of ether oxygens (including phenoxy) is 3. The molecule has 0 amide bonds. The van der Waals surface area contributed by atoms with Crippen molar-refractivity contribution in [3.63, 3.8) is 0 Å². The fraction of sp³-hybridized carbons (Fsp3) is 0.429. The summed E-state index contributed by atoms with van der Waals surface area (Å²) in [6.45, 7) is 0. The van der Waals surface area contributed by atoms with Crippen LogP contribution in [0.15, 0.2) is 40.9 Å². The van der Waals surface area contributed by atoms with Crippen molar-refractivity contribution >= 4 is 15.9 Å². The van der Waals surface area contributed by atoms with Crippen LogP contribution < -0.4 is 9.47 Å². The van der Waals surface area contributed by atoms with Gasteiger partial charge in [0.1, 0.15) is 6.10 Å². The minimum absolute atomic E-state index is 0.0633. The predicted octanol–water partition coefficient (Wildman–Crippen LogP) is 5.61. The molecule has 1 aliphatic carbocycles. The van der Waals surface area contributed by atoms with Crippen LogP contribution in [0.4, 0.5) is 0 Å². The van der Waals surface area contributed by atoms with Crippen molar-refractivity contribution in [2.45, 2.75) is 43.8 Å². The number of hydrogen-bond donors (Lipinski definition) is 0. The minimum Gasteiger partial charge on any atom is -0.493 e. The molecule has 4 heteroatoms. The maximum absolute atomic E-state index is 6.61. The van der Waals surface area contributed by atoms with Crippen LogP contribution >= 0.6 is 15.9 Å². The van der Waals surface area contributed by atoms with Crippen molar-refractivity contribution in [2.24, 2.45) is 0 Å². The SMILES string of the molecule is COc1cc2c(cc1OC)[C@@H]1CCCC[C@@H]1O[C@H]2c1cccc(Br)c1. The zero-order chi connectivity index (χ0) is 17.4. The molecule has 25 heavy (non-hydrogen) atoms. The van der Waals surface area contributed by atoms with E-state index in [1.54, 1.807) is 14.2 Å². The normalized spacial score (nSPS) is 25.0. The van der Waals surface area contributed by atoms with Gasteiger partial charge >= 0.3 is 0 Å². The highest BCUT2D eigenvalue weighted by Crippen LogP contribution is 2.49. The molecule has 132 valence electrons. The molecule has 0 aromatic heterocycles. The molecule has 2 aliphatic rings. The molecule has 2 aromatic carbocycles. The maximum atomic E-state index is 6.61. The van der Waals surface area contributed by atoms with Crippen molar-refractivity contribution in [2.75, 3.05) is 14.2 Å². The third-order valence-electron chi connectivity index (χ3n) is 5.44. The lowest BCUT2D eigenvalue weighted by Crippen LogP contribution is -2.33. The molecular weight excluding hydrogens is 380 g/mol. The quantitative estimate of drug-likeness (QED) is 0.667. The van der Waals surface area contributed by atoms with E-state index in [0.717, 1.165) is 22.4 Å². The Morgan fingerprint density at radius 2 is 1.68 bits per heavy atom. The number of hydrogen-bond acceptors (Lipinski definition) is 3. The Morgan fingerprint density at radius 3 is 2.40 bits per heavy atom. The van der Waals surface area contributed by atoms with Crippen LogP contribution in [-0.2, 0) is 4.74 Å². The zero-order valence-electron chi connectivity index (χ0n) is 14.6. The number of methoxy groups -OCH3 is 2. The Labute approximate surface area is 157 Å². The van der Waals surface area contributed by atoms with Crippen LogP contribution in [0, 0.1) is 0 Å². The molecule has 0 N–H and O–H groups in total. The number of fused-ring (bicyclic) bond motifs is 3. The molecule has 0 saturated heterocycles. The van der Waals surface area contributed by atoms with E-state index in [1.165, 1.54) is 36.0 Å². The van der Waals surface area contributed by atoms with Crippen molar-refractivity contribution in [3.8, 4) is 11.5 Å². The first kappa shape index (κ1) is 16.9. The average Bonchev–Trinajstić information content (AvgIpc) is 2.66. The van der Waals surface area contributed by atoms with Gasteiger partial charge in [0.15, 0.2) is 11.5 Å². The van der Waals surface area contributed by atoms with E-state index in [9.17, 15) is 0 Å². The molecule has 0 spiro atoms. The van der Waals surface area contributed by atoms with Crippen molar-refractivity contribution in [3.05, 3.63) is 57.6 Å². The lowest BCUT2D eigenvalue weighted by molar-refractivity contribution is -0.0391. The van der Waals surface area contributed by atoms with E-state index in [0.29, 0.717) is 5.92 Å². The van der Waals surface area contributed by atoms with Gasteiger partial charge in [0.25, 0.3) is 0 Å². The molecular formula is C21H23BrO3. The summed E-state index contributed by atoms with van der Waals surface area (Å²) >= 11 is 3.59. The minimum atomic E-state index is -0.0633. The molecule has 4 rings (SSSR count). The summed E-state index contributed by atoms with van der Waals surface area (Å²) in [4.78, 5) is 0. The summed E-state index contributed by atoms with van der Waals surface area (Å²) in [5.41, 5.74) is 3.74. The van der Waals surface area contributed by atoms with Gasteiger partial charge in [-0.15, -0.1) is 0 Å². The molecule has 1 heterocycles. The molecule has 1 saturated carbocycles. The number of halogens is 1. The Hall–Kier alpha value is -1.52. The van der Waals surface area contributed by atoms with Gasteiger partial charge in [-0.05, 0) is 53.8 Å². The third-order valence-corrected chi connectivity index (χ3v) is 5.93. The molecule has 3 nitrogen and oxygen atoms in total. The third kappa shape index (κ3) is 3.06. The van der Waals surface area contributed by atoms with Gasteiger partial charge in [-0.3, -0.25) is 0 Å². The predicted molar refractivity (Wildman–Crippen MR) is 102 cm³/mol. The number of rotatable bonds is 3. The first-order chi connectivity index (χ1) is 12.2. The Bertz CT molecular complexity index is 774. The van der Waals surface area contributed by atoms with E-state index in [1.807, 2.05) is 6.07 Å². The smallest absolute Gasteiger partial charge is 0.161 e. The molecule has 2 aromatic rings. The number of benzene rings is 2. The lowest BCUT2D eigenvalue weighted by Gasteiger charge is -2.41. The summed E-state index contributed by atoms with van der Waals surface area (Å²) in [6, 6.07) is 12.7. The molecule has 1 fully saturated rings. The highest BCUT2D eigenvalue weighted by atomic mass is 79.9. The van der Waals surface area contributed by atoms with Crippen molar-refractivity contribution < 1.29 is 14.2 Å². The topological polar surface area (TPSA) is 27.7 Å². The molecule has 0 bridgehead atoms. The highest BCUT2D eigenvalue weighted by molar-refractivity contribution is 9.10. The van der Waals surface area contributed by atoms with E-state index in [4.69, 9.17) is 14.2 Å². The summed E-state index contributed by atoms with van der Waals surface area (Å²) in [7, 11) is 3.39.